The Hall–Kier alpha value is -0.0800. The molecule has 0 aromatic carbocycles. The summed E-state index contributed by atoms with van der Waals surface area (Å²) in [5.74, 6) is 0.467. The summed E-state index contributed by atoms with van der Waals surface area (Å²) in [7, 11) is 0. The van der Waals surface area contributed by atoms with Gasteiger partial charge in [-0.15, -0.1) is 0 Å². The summed E-state index contributed by atoms with van der Waals surface area (Å²) in [5, 5.41) is 20.2. The first kappa shape index (κ1) is 14.0. The lowest BCUT2D eigenvalue weighted by Gasteiger charge is -2.30. The number of aliphatic hydroxyl groups excluding tert-OH is 2. The SMILES string of the molecule is CC(C)(C)CC1CC(C(C)(C)C)C(O)C1O. The average Bonchev–Trinajstić information content (AvgIpc) is 2.28. The third kappa shape index (κ3) is 3.21. The Morgan fingerprint density at radius 2 is 1.44 bits per heavy atom. The van der Waals surface area contributed by atoms with Gasteiger partial charge in [-0.25, -0.2) is 0 Å². The molecule has 4 atom stereocenters. The molecule has 0 radical (unpaired) electrons. The van der Waals surface area contributed by atoms with Crippen molar-refractivity contribution < 1.29 is 10.2 Å². The molecule has 2 nitrogen and oxygen atoms in total. The zero-order valence-corrected chi connectivity index (χ0v) is 11.6. The second kappa shape index (κ2) is 4.30. The van der Waals surface area contributed by atoms with E-state index in [1.54, 1.807) is 0 Å². The lowest BCUT2D eigenvalue weighted by molar-refractivity contribution is -0.0211. The van der Waals surface area contributed by atoms with E-state index in [0.717, 1.165) is 12.8 Å². The zero-order chi connectivity index (χ0) is 12.7. The molecule has 96 valence electrons. The highest BCUT2D eigenvalue weighted by atomic mass is 16.3. The summed E-state index contributed by atoms with van der Waals surface area (Å²) in [6.07, 6.45) is 0.844. The molecular formula is C14H28O2. The molecule has 1 rings (SSSR count). The van der Waals surface area contributed by atoms with Gasteiger partial charge in [0.25, 0.3) is 0 Å². The van der Waals surface area contributed by atoms with Crippen LogP contribution in [0.2, 0.25) is 0 Å². The lowest BCUT2D eigenvalue weighted by Crippen LogP contribution is -2.34. The minimum atomic E-state index is -0.549. The summed E-state index contributed by atoms with van der Waals surface area (Å²) in [6, 6.07) is 0. The van der Waals surface area contributed by atoms with Crippen molar-refractivity contribution in [2.24, 2.45) is 22.7 Å². The van der Waals surface area contributed by atoms with Crippen LogP contribution in [-0.4, -0.2) is 22.4 Å². The molecule has 0 bridgehead atoms. The maximum Gasteiger partial charge on any atom is 0.0835 e. The maximum atomic E-state index is 10.1. The highest BCUT2D eigenvalue weighted by molar-refractivity contribution is 4.96. The van der Waals surface area contributed by atoms with Gasteiger partial charge in [0.1, 0.15) is 0 Å². The van der Waals surface area contributed by atoms with E-state index in [2.05, 4.69) is 41.5 Å². The summed E-state index contributed by atoms with van der Waals surface area (Å²) in [4.78, 5) is 0. The third-order valence-corrected chi connectivity index (χ3v) is 3.79. The van der Waals surface area contributed by atoms with Crippen LogP contribution in [0.1, 0.15) is 54.4 Å². The fourth-order valence-corrected chi connectivity index (χ4v) is 2.98. The van der Waals surface area contributed by atoms with Crippen LogP contribution in [0.3, 0.4) is 0 Å². The van der Waals surface area contributed by atoms with Gasteiger partial charge in [0.15, 0.2) is 0 Å². The van der Waals surface area contributed by atoms with Gasteiger partial charge in [-0.2, -0.15) is 0 Å². The minimum Gasteiger partial charge on any atom is -0.390 e. The Bertz CT molecular complexity index is 234. The van der Waals surface area contributed by atoms with E-state index in [1.807, 2.05) is 0 Å². The van der Waals surface area contributed by atoms with Gasteiger partial charge in [0.2, 0.25) is 0 Å². The monoisotopic (exact) mass is 228 g/mol. The fraction of sp³-hybridized carbons (Fsp3) is 1.00. The standard InChI is InChI=1S/C14H28O2/c1-13(2,3)8-9-7-10(14(4,5)6)12(16)11(9)15/h9-12,15-16H,7-8H2,1-6H3. The number of rotatable bonds is 1. The normalized spacial score (nSPS) is 36.8. The van der Waals surface area contributed by atoms with E-state index in [4.69, 9.17) is 0 Å². The highest BCUT2D eigenvalue weighted by Gasteiger charge is 2.46. The first-order valence-electron chi connectivity index (χ1n) is 6.38. The van der Waals surface area contributed by atoms with E-state index in [0.29, 0.717) is 0 Å². The van der Waals surface area contributed by atoms with E-state index < -0.39 is 12.2 Å². The van der Waals surface area contributed by atoms with Crippen molar-refractivity contribution in [1.82, 2.24) is 0 Å². The topological polar surface area (TPSA) is 40.5 Å². The molecule has 0 amide bonds. The molecule has 1 fully saturated rings. The Kier molecular flexibility index (Phi) is 3.76. The van der Waals surface area contributed by atoms with Gasteiger partial charge in [0.05, 0.1) is 12.2 Å². The largest absolute Gasteiger partial charge is 0.390 e. The molecule has 0 heterocycles. The van der Waals surface area contributed by atoms with Gasteiger partial charge in [-0.3, -0.25) is 0 Å². The van der Waals surface area contributed by atoms with Crippen LogP contribution in [0.15, 0.2) is 0 Å². The Morgan fingerprint density at radius 3 is 1.75 bits per heavy atom. The summed E-state index contributed by atoms with van der Waals surface area (Å²) in [5.41, 5.74) is 0.297. The predicted octanol–water partition coefficient (Wildman–Crippen LogP) is 2.83. The van der Waals surface area contributed by atoms with Crippen LogP contribution in [0.25, 0.3) is 0 Å². The van der Waals surface area contributed by atoms with E-state index in [9.17, 15) is 10.2 Å². The molecule has 0 saturated heterocycles. The van der Waals surface area contributed by atoms with Crippen LogP contribution < -0.4 is 0 Å². The van der Waals surface area contributed by atoms with E-state index in [1.165, 1.54) is 0 Å². The van der Waals surface area contributed by atoms with Crippen molar-refractivity contribution in [3.8, 4) is 0 Å². The molecule has 4 unspecified atom stereocenters. The minimum absolute atomic E-state index is 0.0764. The molecule has 0 aromatic rings. The Morgan fingerprint density at radius 1 is 0.938 bits per heavy atom. The number of hydrogen-bond donors (Lipinski definition) is 2. The van der Waals surface area contributed by atoms with Crippen molar-refractivity contribution in [3.05, 3.63) is 0 Å². The summed E-state index contributed by atoms with van der Waals surface area (Å²) >= 11 is 0. The van der Waals surface area contributed by atoms with Crippen molar-refractivity contribution in [3.63, 3.8) is 0 Å². The van der Waals surface area contributed by atoms with Crippen molar-refractivity contribution in [1.29, 1.82) is 0 Å². The average molecular weight is 228 g/mol. The summed E-state index contributed by atoms with van der Waals surface area (Å²) in [6.45, 7) is 13.0. The molecule has 0 aliphatic heterocycles. The first-order valence-corrected chi connectivity index (χ1v) is 6.38. The van der Waals surface area contributed by atoms with Crippen molar-refractivity contribution >= 4 is 0 Å². The van der Waals surface area contributed by atoms with Crippen LogP contribution >= 0.6 is 0 Å². The number of aliphatic hydroxyl groups is 2. The molecule has 0 spiro atoms. The molecule has 2 heteroatoms. The molecule has 1 saturated carbocycles. The van der Waals surface area contributed by atoms with E-state index >= 15 is 0 Å². The van der Waals surface area contributed by atoms with Gasteiger partial charge >= 0.3 is 0 Å². The molecule has 16 heavy (non-hydrogen) atoms. The lowest BCUT2D eigenvalue weighted by atomic mass is 9.77. The van der Waals surface area contributed by atoms with Crippen LogP contribution in [0.5, 0.6) is 0 Å². The fourth-order valence-electron chi connectivity index (χ4n) is 2.98. The number of hydrogen-bond acceptors (Lipinski definition) is 2. The molecule has 0 aromatic heterocycles. The molecule has 1 aliphatic rings. The van der Waals surface area contributed by atoms with E-state index in [-0.39, 0.29) is 22.7 Å². The Labute approximate surface area is 100 Å². The van der Waals surface area contributed by atoms with Crippen LogP contribution in [0, 0.1) is 22.7 Å². The molecule has 1 aliphatic carbocycles. The highest BCUT2D eigenvalue weighted by Crippen LogP contribution is 2.45. The Balaban J connectivity index is 2.72. The molecular weight excluding hydrogens is 200 g/mol. The summed E-state index contributed by atoms with van der Waals surface area (Å²) < 4.78 is 0. The first-order chi connectivity index (χ1) is 7.02. The zero-order valence-electron chi connectivity index (χ0n) is 11.6. The van der Waals surface area contributed by atoms with Gasteiger partial charge in [0, 0.05) is 0 Å². The third-order valence-electron chi connectivity index (χ3n) is 3.79. The second-order valence-electron chi connectivity index (χ2n) is 7.71. The van der Waals surface area contributed by atoms with Crippen molar-refractivity contribution in [2.75, 3.05) is 0 Å². The van der Waals surface area contributed by atoms with Crippen LogP contribution in [-0.2, 0) is 0 Å². The van der Waals surface area contributed by atoms with Gasteiger partial charge in [-0.1, -0.05) is 41.5 Å². The second-order valence-corrected chi connectivity index (χ2v) is 7.71. The van der Waals surface area contributed by atoms with Crippen LogP contribution in [0.4, 0.5) is 0 Å². The van der Waals surface area contributed by atoms with Gasteiger partial charge in [-0.05, 0) is 35.5 Å². The predicted molar refractivity (Wildman–Crippen MR) is 67.1 cm³/mol. The molecule has 2 N–H and O–H groups in total. The van der Waals surface area contributed by atoms with Crippen molar-refractivity contribution in [2.45, 2.75) is 66.6 Å². The quantitative estimate of drug-likeness (QED) is 0.724. The smallest absolute Gasteiger partial charge is 0.0835 e. The maximum absolute atomic E-state index is 10.1. The van der Waals surface area contributed by atoms with Gasteiger partial charge < -0.3 is 10.2 Å².